The molecule has 4 nitrogen and oxygen atoms in total. The van der Waals surface area contributed by atoms with Crippen LogP contribution < -0.4 is 16.6 Å². The minimum absolute atomic E-state index is 0.367. The number of anilines is 1. The van der Waals surface area contributed by atoms with E-state index in [4.69, 9.17) is 20.5 Å². The van der Waals surface area contributed by atoms with E-state index in [1.165, 1.54) is 6.21 Å². The van der Waals surface area contributed by atoms with Gasteiger partial charge in [0.05, 0.1) is 16.8 Å². The van der Waals surface area contributed by atoms with Crippen molar-refractivity contribution in [2.24, 2.45) is 0 Å². The quantitative estimate of drug-likeness (QED) is 0.430. The van der Waals surface area contributed by atoms with Gasteiger partial charge in [-0.1, -0.05) is 12.1 Å². The third-order valence-electron chi connectivity index (χ3n) is 3.85. The molecule has 1 aliphatic rings. The maximum absolute atomic E-state index is 5.99. The van der Waals surface area contributed by atoms with Crippen molar-refractivity contribution in [3.63, 3.8) is 0 Å². The van der Waals surface area contributed by atoms with Crippen LogP contribution in [0.5, 0.6) is 0 Å². The number of nitrogen functional groups attached to an aromatic ring is 1. The summed E-state index contributed by atoms with van der Waals surface area (Å²) in [5, 5.41) is 5.64. The highest BCUT2D eigenvalue weighted by Gasteiger charge is 2.52. The van der Waals surface area contributed by atoms with E-state index in [9.17, 15) is 0 Å². The van der Waals surface area contributed by atoms with Gasteiger partial charge in [-0.05, 0) is 39.2 Å². The third kappa shape index (κ3) is 1.93. The van der Waals surface area contributed by atoms with Crippen LogP contribution in [-0.2, 0) is 9.31 Å². The van der Waals surface area contributed by atoms with Crippen LogP contribution in [0.15, 0.2) is 18.2 Å². The lowest BCUT2D eigenvalue weighted by atomic mass is 9.75. The molecule has 1 saturated heterocycles. The maximum Gasteiger partial charge on any atom is 0.495 e. The van der Waals surface area contributed by atoms with E-state index >= 15 is 0 Å². The molecule has 0 aromatic heterocycles. The first-order valence-electron chi connectivity index (χ1n) is 6.07. The van der Waals surface area contributed by atoms with Gasteiger partial charge in [0, 0.05) is 5.69 Å². The Balaban J connectivity index is 2.41. The van der Waals surface area contributed by atoms with Gasteiger partial charge in [-0.2, -0.15) is 0 Å². The Bertz CT molecular complexity index is 470. The molecule has 1 aromatic rings. The van der Waals surface area contributed by atoms with Crippen LogP contribution in [0.2, 0.25) is 0 Å². The Morgan fingerprint density at radius 2 is 1.72 bits per heavy atom. The molecule has 0 spiro atoms. The Morgan fingerprint density at radius 3 is 2.22 bits per heavy atom. The third-order valence-corrected chi connectivity index (χ3v) is 3.85. The SMILES string of the molecule is CC1(C)OB(c2cccc(N)c2C=[NH2+])OC1(C)C. The molecule has 0 unspecified atom stereocenters. The maximum atomic E-state index is 5.99. The van der Waals surface area contributed by atoms with Crippen molar-refractivity contribution in [3.8, 4) is 0 Å². The normalized spacial score (nSPS) is 21.0. The van der Waals surface area contributed by atoms with E-state index in [0.29, 0.717) is 5.69 Å². The molecule has 1 aromatic carbocycles. The second-order valence-electron chi connectivity index (χ2n) is 5.61. The van der Waals surface area contributed by atoms with Crippen LogP contribution >= 0.6 is 0 Å². The summed E-state index contributed by atoms with van der Waals surface area (Å²) in [7, 11) is -0.437. The molecule has 0 saturated carbocycles. The lowest BCUT2D eigenvalue weighted by Crippen LogP contribution is -2.41. The van der Waals surface area contributed by atoms with Gasteiger partial charge in [-0.25, -0.2) is 0 Å². The Hall–Kier alpha value is -1.33. The molecule has 5 heteroatoms. The van der Waals surface area contributed by atoms with Crippen molar-refractivity contribution >= 4 is 24.5 Å². The lowest BCUT2D eigenvalue weighted by molar-refractivity contribution is -0.104. The predicted octanol–water partition coefficient (Wildman–Crippen LogP) is -0.254. The minimum atomic E-state index is -0.437. The smallest absolute Gasteiger partial charge is 0.399 e. The van der Waals surface area contributed by atoms with Gasteiger partial charge < -0.3 is 15.0 Å². The summed E-state index contributed by atoms with van der Waals surface area (Å²) < 4.78 is 12.0. The summed E-state index contributed by atoms with van der Waals surface area (Å²) in [6.07, 6.45) is 1.50. The summed E-state index contributed by atoms with van der Waals surface area (Å²) in [4.78, 5) is 0. The van der Waals surface area contributed by atoms with E-state index < -0.39 is 7.12 Å². The molecule has 1 heterocycles. The molecule has 0 aliphatic carbocycles. The number of benzene rings is 1. The zero-order valence-corrected chi connectivity index (χ0v) is 11.4. The first-order valence-corrected chi connectivity index (χ1v) is 6.07. The van der Waals surface area contributed by atoms with Crippen molar-refractivity contribution in [3.05, 3.63) is 23.8 Å². The molecule has 2 rings (SSSR count). The van der Waals surface area contributed by atoms with Crippen molar-refractivity contribution in [2.75, 3.05) is 5.73 Å². The predicted molar refractivity (Wildman–Crippen MR) is 73.7 cm³/mol. The lowest BCUT2D eigenvalue weighted by Gasteiger charge is -2.32. The Kier molecular flexibility index (Phi) is 2.99. The summed E-state index contributed by atoms with van der Waals surface area (Å²) in [6, 6.07) is 5.62. The van der Waals surface area contributed by atoms with E-state index in [1.807, 2.05) is 45.9 Å². The van der Waals surface area contributed by atoms with E-state index in [1.54, 1.807) is 0 Å². The average Bonchev–Trinajstić information content (AvgIpc) is 2.47. The summed E-state index contributed by atoms with van der Waals surface area (Å²) >= 11 is 0. The molecule has 18 heavy (non-hydrogen) atoms. The fourth-order valence-corrected chi connectivity index (χ4v) is 1.97. The molecule has 96 valence electrons. The fourth-order valence-electron chi connectivity index (χ4n) is 1.97. The minimum Gasteiger partial charge on any atom is -0.399 e. The second kappa shape index (κ2) is 4.11. The largest absolute Gasteiger partial charge is 0.495 e. The molecule has 1 aliphatic heterocycles. The Morgan fingerprint density at radius 1 is 1.17 bits per heavy atom. The van der Waals surface area contributed by atoms with Crippen molar-refractivity contribution in [1.29, 1.82) is 0 Å². The number of rotatable bonds is 2. The molecule has 4 N–H and O–H groups in total. The van der Waals surface area contributed by atoms with E-state index in [0.717, 1.165) is 11.0 Å². The second-order valence-corrected chi connectivity index (χ2v) is 5.61. The van der Waals surface area contributed by atoms with E-state index in [2.05, 4.69) is 0 Å². The molecule has 0 radical (unpaired) electrons. The van der Waals surface area contributed by atoms with Crippen LogP contribution in [0, 0.1) is 0 Å². The van der Waals surface area contributed by atoms with Gasteiger partial charge in [0.2, 0.25) is 0 Å². The fraction of sp³-hybridized carbons (Fsp3) is 0.462. The standard InChI is InChI=1S/C13H19BN2O2/c1-12(2)13(3,4)18-14(17-12)10-6-5-7-11(16)9(10)8-15/h5-8,15H,16H2,1-4H3/p+1. The zero-order chi connectivity index (χ0) is 13.6. The number of nitrogens with two attached hydrogens (primary N) is 2. The van der Waals surface area contributed by atoms with Crippen LogP contribution in [0.1, 0.15) is 33.3 Å². The first-order chi connectivity index (χ1) is 8.28. The average molecular weight is 247 g/mol. The molecule has 1 fully saturated rings. The van der Waals surface area contributed by atoms with Crippen LogP contribution in [0.25, 0.3) is 0 Å². The first kappa shape index (κ1) is 13.1. The summed E-state index contributed by atoms with van der Waals surface area (Å²) in [6.45, 7) is 8.08. The number of hydrogen-bond acceptors (Lipinski definition) is 3. The monoisotopic (exact) mass is 247 g/mol. The van der Waals surface area contributed by atoms with Gasteiger partial charge >= 0.3 is 7.12 Å². The van der Waals surface area contributed by atoms with Crippen molar-refractivity contribution in [1.82, 2.24) is 0 Å². The van der Waals surface area contributed by atoms with Crippen LogP contribution in [-0.4, -0.2) is 24.5 Å². The molecule has 0 bridgehead atoms. The highest BCUT2D eigenvalue weighted by Crippen LogP contribution is 2.36. The van der Waals surface area contributed by atoms with Crippen molar-refractivity contribution in [2.45, 2.75) is 38.9 Å². The molecular formula is C13H20BN2O2+. The zero-order valence-electron chi connectivity index (χ0n) is 11.4. The van der Waals surface area contributed by atoms with E-state index in [-0.39, 0.29) is 11.2 Å². The van der Waals surface area contributed by atoms with Crippen molar-refractivity contribution < 1.29 is 14.7 Å². The highest BCUT2D eigenvalue weighted by atomic mass is 16.7. The molecular weight excluding hydrogens is 227 g/mol. The van der Waals surface area contributed by atoms with Gasteiger partial charge in [-0.3, -0.25) is 5.41 Å². The summed E-state index contributed by atoms with van der Waals surface area (Å²) in [5.74, 6) is 0. The van der Waals surface area contributed by atoms with Crippen LogP contribution in [0.4, 0.5) is 5.69 Å². The topological polar surface area (TPSA) is 70.1 Å². The highest BCUT2D eigenvalue weighted by molar-refractivity contribution is 6.63. The number of hydrogen-bond donors (Lipinski definition) is 2. The summed E-state index contributed by atoms with van der Waals surface area (Å²) in [5.41, 5.74) is 7.45. The Labute approximate surface area is 108 Å². The van der Waals surface area contributed by atoms with Gasteiger partial charge in [0.25, 0.3) is 0 Å². The van der Waals surface area contributed by atoms with Gasteiger partial charge in [0.15, 0.2) is 6.21 Å². The van der Waals surface area contributed by atoms with Gasteiger partial charge in [-0.15, -0.1) is 0 Å². The molecule has 0 atom stereocenters. The molecule has 0 amide bonds. The van der Waals surface area contributed by atoms with Gasteiger partial charge in [0.1, 0.15) is 0 Å². The van der Waals surface area contributed by atoms with Crippen LogP contribution in [0.3, 0.4) is 0 Å².